The summed E-state index contributed by atoms with van der Waals surface area (Å²) in [6.07, 6.45) is 86.4. The number of hydrogen-bond donors (Lipinski definition) is 0. The molecule has 0 amide bonds. The maximum atomic E-state index is 12.9. The van der Waals surface area contributed by atoms with Crippen molar-refractivity contribution < 1.29 is 28.6 Å². The van der Waals surface area contributed by atoms with Gasteiger partial charge in [0, 0.05) is 19.3 Å². The van der Waals surface area contributed by atoms with Crippen LogP contribution in [-0.4, -0.2) is 37.2 Å². The van der Waals surface area contributed by atoms with Crippen molar-refractivity contribution in [3.8, 4) is 0 Å². The molecule has 0 fully saturated rings. The monoisotopic (exact) mass is 1120 g/mol. The standard InChI is InChI=1S/C74H138O6/c1-4-7-10-13-16-19-22-25-27-28-29-30-31-32-33-34-35-36-37-38-39-40-41-42-43-44-45-46-47-50-52-55-58-61-64-67-73(76)79-70-71(69-78-72(75)66-63-60-57-54-51-48-24-21-18-15-12-9-6-3)80-74(77)68-65-62-59-56-53-49-26-23-20-17-14-11-8-5-2/h14,17,21,23-24,26,71H,4-13,15-16,18-20,22,25,27-70H2,1-3H3/b17-14-,24-21-,26-23-. The van der Waals surface area contributed by atoms with Crippen LogP contribution < -0.4 is 0 Å². The minimum Gasteiger partial charge on any atom is -0.462 e. The normalized spacial score (nSPS) is 12.2. The Hall–Kier alpha value is -2.37. The fourth-order valence-electron chi connectivity index (χ4n) is 10.9. The Kier molecular flexibility index (Phi) is 67.1. The summed E-state index contributed by atoms with van der Waals surface area (Å²) < 4.78 is 16.9. The summed E-state index contributed by atoms with van der Waals surface area (Å²) in [5.74, 6) is -0.877. The zero-order chi connectivity index (χ0) is 57.8. The van der Waals surface area contributed by atoms with Crippen LogP contribution in [-0.2, 0) is 28.6 Å². The number of rotatable bonds is 67. The van der Waals surface area contributed by atoms with E-state index >= 15 is 0 Å². The molecule has 0 radical (unpaired) electrons. The highest BCUT2D eigenvalue weighted by Gasteiger charge is 2.19. The van der Waals surface area contributed by atoms with Gasteiger partial charge in [0.25, 0.3) is 0 Å². The molecule has 0 aliphatic heterocycles. The molecule has 0 aliphatic carbocycles. The van der Waals surface area contributed by atoms with Crippen LogP contribution in [0.4, 0.5) is 0 Å². The van der Waals surface area contributed by atoms with Crippen LogP contribution >= 0.6 is 0 Å². The second-order valence-corrected chi connectivity index (χ2v) is 24.5. The topological polar surface area (TPSA) is 78.9 Å². The first-order valence-electron chi connectivity index (χ1n) is 36.0. The van der Waals surface area contributed by atoms with E-state index in [-0.39, 0.29) is 31.1 Å². The van der Waals surface area contributed by atoms with Gasteiger partial charge in [-0.25, -0.2) is 0 Å². The highest BCUT2D eigenvalue weighted by molar-refractivity contribution is 5.71. The molecule has 1 unspecified atom stereocenters. The zero-order valence-electron chi connectivity index (χ0n) is 54.1. The van der Waals surface area contributed by atoms with E-state index in [2.05, 4.69) is 57.2 Å². The molecule has 0 heterocycles. The van der Waals surface area contributed by atoms with Gasteiger partial charge in [-0.3, -0.25) is 14.4 Å². The van der Waals surface area contributed by atoms with E-state index in [1.54, 1.807) is 0 Å². The number of unbranched alkanes of at least 4 members (excludes halogenated alkanes) is 50. The SMILES string of the molecule is CCCC/C=C\C/C=C\CCCCCCCC(=O)OC(COC(=O)CCCCCCC/C=C\CCCCCC)COC(=O)CCCCCCCCCCCCCCCCCCCCCCCCCCCCCCCCCCCCC. The lowest BCUT2D eigenvalue weighted by atomic mass is 10.0. The predicted octanol–water partition coefficient (Wildman–Crippen LogP) is 24.7. The van der Waals surface area contributed by atoms with Crippen LogP contribution in [0.1, 0.15) is 400 Å². The van der Waals surface area contributed by atoms with Gasteiger partial charge < -0.3 is 14.2 Å². The molecule has 6 nitrogen and oxygen atoms in total. The van der Waals surface area contributed by atoms with E-state index in [0.29, 0.717) is 19.3 Å². The van der Waals surface area contributed by atoms with E-state index in [9.17, 15) is 14.4 Å². The summed E-state index contributed by atoms with van der Waals surface area (Å²) in [6, 6.07) is 0. The van der Waals surface area contributed by atoms with E-state index in [1.807, 2.05) is 0 Å². The van der Waals surface area contributed by atoms with Crippen molar-refractivity contribution in [2.75, 3.05) is 13.2 Å². The lowest BCUT2D eigenvalue weighted by Gasteiger charge is -2.18. The third-order valence-corrected chi connectivity index (χ3v) is 16.4. The van der Waals surface area contributed by atoms with Crippen LogP contribution in [0, 0.1) is 0 Å². The van der Waals surface area contributed by atoms with Crippen LogP contribution in [0.5, 0.6) is 0 Å². The lowest BCUT2D eigenvalue weighted by Crippen LogP contribution is -2.30. The summed E-state index contributed by atoms with van der Waals surface area (Å²) >= 11 is 0. The number of carbonyl (C=O) groups is 3. The van der Waals surface area contributed by atoms with E-state index in [0.717, 1.165) is 89.9 Å². The van der Waals surface area contributed by atoms with Gasteiger partial charge in [0.15, 0.2) is 6.10 Å². The van der Waals surface area contributed by atoms with Crippen molar-refractivity contribution in [3.05, 3.63) is 36.5 Å². The Morgan fingerprint density at radius 1 is 0.250 bits per heavy atom. The average Bonchev–Trinajstić information content (AvgIpc) is 3.46. The van der Waals surface area contributed by atoms with Crippen molar-refractivity contribution in [2.24, 2.45) is 0 Å². The molecular weight excluding hydrogens is 985 g/mol. The summed E-state index contributed by atoms with van der Waals surface area (Å²) in [4.78, 5) is 38.3. The molecular formula is C74H138O6. The highest BCUT2D eigenvalue weighted by atomic mass is 16.6. The van der Waals surface area contributed by atoms with Crippen molar-refractivity contribution in [2.45, 2.75) is 406 Å². The Morgan fingerprint density at radius 3 is 0.750 bits per heavy atom. The summed E-state index contributed by atoms with van der Waals surface area (Å²) in [5.41, 5.74) is 0. The molecule has 0 aromatic carbocycles. The number of allylic oxidation sites excluding steroid dienone is 6. The van der Waals surface area contributed by atoms with Crippen molar-refractivity contribution in [1.29, 1.82) is 0 Å². The Balaban J connectivity index is 4.02. The van der Waals surface area contributed by atoms with Crippen LogP contribution in [0.2, 0.25) is 0 Å². The first kappa shape index (κ1) is 77.6. The van der Waals surface area contributed by atoms with Crippen molar-refractivity contribution in [1.82, 2.24) is 0 Å². The Labute approximate surface area is 499 Å². The van der Waals surface area contributed by atoms with Gasteiger partial charge in [0.1, 0.15) is 13.2 Å². The van der Waals surface area contributed by atoms with Gasteiger partial charge >= 0.3 is 17.9 Å². The fourth-order valence-corrected chi connectivity index (χ4v) is 10.9. The molecule has 0 aromatic rings. The average molecular weight is 1120 g/mol. The molecule has 0 spiro atoms. The van der Waals surface area contributed by atoms with Crippen molar-refractivity contribution >= 4 is 17.9 Å². The fraction of sp³-hybridized carbons (Fsp3) is 0.878. The maximum Gasteiger partial charge on any atom is 0.306 e. The molecule has 0 saturated carbocycles. The minimum atomic E-state index is -0.781. The molecule has 0 aliphatic rings. The quantitative estimate of drug-likeness (QED) is 0.0261. The second-order valence-electron chi connectivity index (χ2n) is 24.5. The van der Waals surface area contributed by atoms with E-state index in [4.69, 9.17) is 14.2 Å². The summed E-state index contributed by atoms with van der Waals surface area (Å²) in [5, 5.41) is 0. The first-order chi connectivity index (χ1) is 39.5. The second kappa shape index (κ2) is 69.1. The van der Waals surface area contributed by atoms with E-state index < -0.39 is 6.10 Å². The largest absolute Gasteiger partial charge is 0.462 e. The zero-order valence-corrected chi connectivity index (χ0v) is 54.1. The van der Waals surface area contributed by atoms with Crippen LogP contribution in [0.25, 0.3) is 0 Å². The third-order valence-electron chi connectivity index (χ3n) is 16.4. The molecule has 80 heavy (non-hydrogen) atoms. The van der Waals surface area contributed by atoms with Crippen LogP contribution in [0.15, 0.2) is 36.5 Å². The van der Waals surface area contributed by atoms with Gasteiger partial charge in [-0.15, -0.1) is 0 Å². The lowest BCUT2D eigenvalue weighted by molar-refractivity contribution is -0.167. The van der Waals surface area contributed by atoms with Crippen molar-refractivity contribution in [3.63, 3.8) is 0 Å². The van der Waals surface area contributed by atoms with Gasteiger partial charge in [0.05, 0.1) is 0 Å². The number of hydrogen-bond acceptors (Lipinski definition) is 6. The number of ether oxygens (including phenoxy) is 3. The predicted molar refractivity (Wildman–Crippen MR) is 349 cm³/mol. The smallest absolute Gasteiger partial charge is 0.306 e. The molecule has 6 heteroatoms. The summed E-state index contributed by atoms with van der Waals surface area (Å²) in [7, 11) is 0. The number of carbonyl (C=O) groups excluding carboxylic acids is 3. The molecule has 0 saturated heterocycles. The molecule has 1 atom stereocenters. The first-order valence-corrected chi connectivity index (χ1v) is 36.0. The van der Waals surface area contributed by atoms with Gasteiger partial charge in [-0.05, 0) is 70.6 Å². The third kappa shape index (κ3) is 66.4. The maximum absolute atomic E-state index is 12.9. The summed E-state index contributed by atoms with van der Waals surface area (Å²) in [6.45, 7) is 6.63. The minimum absolute atomic E-state index is 0.0766. The number of esters is 3. The Morgan fingerprint density at radius 2 is 0.463 bits per heavy atom. The van der Waals surface area contributed by atoms with Crippen LogP contribution in [0.3, 0.4) is 0 Å². The highest BCUT2D eigenvalue weighted by Crippen LogP contribution is 2.19. The molecule has 0 bridgehead atoms. The molecule has 0 aromatic heterocycles. The molecule has 470 valence electrons. The van der Waals surface area contributed by atoms with Gasteiger partial charge in [0.2, 0.25) is 0 Å². The van der Waals surface area contributed by atoms with E-state index in [1.165, 1.54) is 270 Å². The Bertz CT molecular complexity index is 1340. The van der Waals surface area contributed by atoms with Gasteiger partial charge in [-0.2, -0.15) is 0 Å². The molecule has 0 N–H and O–H groups in total. The van der Waals surface area contributed by atoms with Gasteiger partial charge in [-0.1, -0.05) is 346 Å². The molecule has 0 rings (SSSR count).